The maximum atomic E-state index is 12.1. The van der Waals surface area contributed by atoms with Crippen LogP contribution in [0.1, 0.15) is 37.7 Å². The fourth-order valence-corrected chi connectivity index (χ4v) is 2.92. The number of alkyl carbamates (subject to hydrolysis) is 1. The van der Waals surface area contributed by atoms with Gasteiger partial charge in [0.05, 0.1) is 0 Å². The number of hydrazine groups is 1. The van der Waals surface area contributed by atoms with E-state index in [1.807, 2.05) is 30.3 Å². The summed E-state index contributed by atoms with van der Waals surface area (Å²) in [5.41, 5.74) is 4.72. The minimum absolute atomic E-state index is 0.0951. The number of hydrogen-bond donors (Lipinski definition) is 4. The van der Waals surface area contributed by atoms with Crippen molar-refractivity contribution in [2.45, 2.75) is 44.8 Å². The van der Waals surface area contributed by atoms with E-state index in [1.165, 1.54) is 0 Å². The van der Waals surface area contributed by atoms with E-state index in [0.717, 1.165) is 31.2 Å². The molecule has 1 aliphatic rings. The topological polar surface area (TPSA) is 117 Å². The number of carbonyl (C=O) groups excluding carboxylic acids is 2. The van der Waals surface area contributed by atoms with Gasteiger partial charge in [0, 0.05) is 0 Å². The summed E-state index contributed by atoms with van der Waals surface area (Å²) in [7, 11) is 0. The lowest BCUT2D eigenvalue weighted by Gasteiger charge is -2.21. The molecule has 1 fully saturated rings. The molecule has 1 unspecified atom stereocenters. The largest absolute Gasteiger partial charge is 0.464 e. The molecular formula is C17H23N3O5. The Hall–Kier alpha value is -2.77. The van der Waals surface area contributed by atoms with Crippen LogP contribution >= 0.6 is 0 Å². The van der Waals surface area contributed by atoms with Crippen LogP contribution in [-0.2, 0) is 16.1 Å². The summed E-state index contributed by atoms with van der Waals surface area (Å²) in [5.74, 6) is -0.277. The van der Waals surface area contributed by atoms with Crippen molar-refractivity contribution in [1.82, 2.24) is 16.2 Å². The monoisotopic (exact) mass is 349 g/mol. The lowest BCUT2D eigenvalue weighted by Crippen LogP contribution is -2.52. The van der Waals surface area contributed by atoms with Crippen LogP contribution in [-0.4, -0.2) is 29.2 Å². The summed E-state index contributed by atoms with van der Waals surface area (Å²) in [6.07, 6.45) is 2.56. The molecule has 0 aliphatic heterocycles. The summed E-state index contributed by atoms with van der Waals surface area (Å²) in [5, 5.41) is 11.1. The SMILES string of the molecule is O=C(O)NNC(=O)C(CC1CCCC1)NC(=O)OCc1ccccc1. The van der Waals surface area contributed by atoms with Crippen LogP contribution in [0.15, 0.2) is 30.3 Å². The molecule has 0 bridgehead atoms. The van der Waals surface area contributed by atoms with Crippen molar-refractivity contribution in [2.24, 2.45) is 5.92 Å². The minimum atomic E-state index is -1.38. The predicted molar refractivity (Wildman–Crippen MR) is 89.4 cm³/mol. The standard InChI is InChI=1S/C17H23N3O5/c21-15(19-20-16(22)23)14(10-12-6-4-5-7-12)18-17(24)25-11-13-8-2-1-3-9-13/h1-3,8-9,12,14,20H,4-7,10-11H2,(H,18,24)(H,19,21)(H,22,23). The average Bonchev–Trinajstić information content (AvgIpc) is 3.11. The zero-order chi connectivity index (χ0) is 18.1. The third-order valence-corrected chi connectivity index (χ3v) is 4.16. The highest BCUT2D eigenvalue weighted by molar-refractivity contribution is 5.86. The zero-order valence-electron chi connectivity index (χ0n) is 13.9. The van der Waals surface area contributed by atoms with E-state index in [-0.39, 0.29) is 6.61 Å². The smallest absolute Gasteiger partial charge is 0.423 e. The number of ether oxygens (including phenoxy) is 1. The molecular weight excluding hydrogens is 326 g/mol. The number of carbonyl (C=O) groups is 3. The molecule has 1 saturated carbocycles. The van der Waals surface area contributed by atoms with Gasteiger partial charge in [-0.3, -0.25) is 10.2 Å². The van der Waals surface area contributed by atoms with Crippen LogP contribution in [0.5, 0.6) is 0 Å². The molecule has 136 valence electrons. The summed E-state index contributed by atoms with van der Waals surface area (Å²) < 4.78 is 5.13. The molecule has 1 aromatic rings. The Morgan fingerprint density at radius 3 is 2.44 bits per heavy atom. The van der Waals surface area contributed by atoms with Gasteiger partial charge in [-0.2, -0.15) is 0 Å². The van der Waals surface area contributed by atoms with Gasteiger partial charge < -0.3 is 15.2 Å². The molecule has 3 amide bonds. The van der Waals surface area contributed by atoms with E-state index in [4.69, 9.17) is 9.84 Å². The lowest BCUT2D eigenvalue weighted by molar-refractivity contribution is -0.124. The first-order valence-electron chi connectivity index (χ1n) is 8.30. The van der Waals surface area contributed by atoms with Gasteiger partial charge in [-0.15, -0.1) is 0 Å². The van der Waals surface area contributed by atoms with Crippen molar-refractivity contribution in [3.05, 3.63) is 35.9 Å². The van der Waals surface area contributed by atoms with Crippen LogP contribution in [0.4, 0.5) is 9.59 Å². The van der Waals surface area contributed by atoms with E-state index in [0.29, 0.717) is 12.3 Å². The van der Waals surface area contributed by atoms with E-state index >= 15 is 0 Å². The Balaban J connectivity index is 1.87. The van der Waals surface area contributed by atoms with Crippen LogP contribution in [0, 0.1) is 5.92 Å². The first kappa shape index (κ1) is 18.6. The van der Waals surface area contributed by atoms with Crippen molar-refractivity contribution in [1.29, 1.82) is 0 Å². The number of hydrogen-bond acceptors (Lipinski definition) is 4. The molecule has 2 rings (SSSR count). The van der Waals surface area contributed by atoms with Gasteiger partial charge >= 0.3 is 12.2 Å². The van der Waals surface area contributed by atoms with Gasteiger partial charge in [0.1, 0.15) is 12.6 Å². The van der Waals surface area contributed by atoms with Crippen LogP contribution in [0.2, 0.25) is 0 Å². The molecule has 1 atom stereocenters. The van der Waals surface area contributed by atoms with Crippen molar-refractivity contribution in [3.63, 3.8) is 0 Å². The molecule has 0 spiro atoms. The summed E-state index contributed by atoms with van der Waals surface area (Å²) in [6.45, 7) is 0.0951. The Kier molecular flexibility index (Phi) is 7.06. The maximum Gasteiger partial charge on any atom is 0.423 e. The fourth-order valence-electron chi connectivity index (χ4n) is 2.92. The van der Waals surface area contributed by atoms with Gasteiger partial charge in [-0.1, -0.05) is 56.0 Å². The van der Waals surface area contributed by atoms with Crippen molar-refractivity contribution in [3.8, 4) is 0 Å². The highest BCUT2D eigenvalue weighted by Gasteiger charge is 2.27. The molecule has 1 aromatic carbocycles. The first-order chi connectivity index (χ1) is 12.0. The van der Waals surface area contributed by atoms with Gasteiger partial charge in [-0.25, -0.2) is 15.0 Å². The minimum Gasteiger partial charge on any atom is -0.464 e. The third-order valence-electron chi connectivity index (χ3n) is 4.16. The molecule has 0 radical (unpaired) electrons. The summed E-state index contributed by atoms with van der Waals surface area (Å²) >= 11 is 0. The van der Waals surface area contributed by atoms with E-state index in [2.05, 4.69) is 10.7 Å². The van der Waals surface area contributed by atoms with Gasteiger partial charge in [-0.05, 0) is 17.9 Å². The lowest BCUT2D eigenvalue weighted by atomic mass is 9.98. The Morgan fingerprint density at radius 2 is 1.80 bits per heavy atom. The number of benzene rings is 1. The van der Waals surface area contributed by atoms with Gasteiger partial charge in [0.25, 0.3) is 5.91 Å². The van der Waals surface area contributed by atoms with Crippen molar-refractivity contribution in [2.75, 3.05) is 0 Å². The Morgan fingerprint density at radius 1 is 1.12 bits per heavy atom. The van der Waals surface area contributed by atoms with E-state index in [1.54, 1.807) is 5.43 Å². The molecule has 4 N–H and O–H groups in total. The van der Waals surface area contributed by atoms with Crippen molar-refractivity contribution >= 4 is 18.1 Å². The average molecular weight is 349 g/mol. The van der Waals surface area contributed by atoms with Crippen LogP contribution in [0.25, 0.3) is 0 Å². The second kappa shape index (κ2) is 9.51. The summed E-state index contributed by atoms with van der Waals surface area (Å²) in [4.78, 5) is 34.6. The van der Waals surface area contributed by atoms with Gasteiger partial charge in [0.15, 0.2) is 0 Å². The molecule has 0 saturated heterocycles. The second-order valence-electron chi connectivity index (χ2n) is 6.06. The van der Waals surface area contributed by atoms with E-state index < -0.39 is 24.1 Å². The van der Waals surface area contributed by atoms with Crippen LogP contribution < -0.4 is 16.2 Å². The van der Waals surface area contributed by atoms with Crippen LogP contribution in [0.3, 0.4) is 0 Å². The number of rotatable bonds is 6. The highest BCUT2D eigenvalue weighted by Crippen LogP contribution is 2.28. The predicted octanol–water partition coefficient (Wildman–Crippen LogP) is 2.16. The maximum absolute atomic E-state index is 12.1. The number of carboxylic acid groups (broad SMARTS) is 1. The fraction of sp³-hybridized carbons (Fsp3) is 0.471. The molecule has 25 heavy (non-hydrogen) atoms. The highest BCUT2D eigenvalue weighted by atomic mass is 16.5. The first-order valence-corrected chi connectivity index (χ1v) is 8.30. The summed E-state index contributed by atoms with van der Waals surface area (Å²) in [6, 6.07) is 8.34. The van der Waals surface area contributed by atoms with Gasteiger partial charge in [0.2, 0.25) is 0 Å². The molecule has 8 nitrogen and oxygen atoms in total. The van der Waals surface area contributed by atoms with Crippen molar-refractivity contribution < 1.29 is 24.2 Å². The quantitative estimate of drug-likeness (QED) is 0.587. The normalized spacial score (nSPS) is 15.2. The molecule has 1 aliphatic carbocycles. The Labute approximate surface area is 145 Å². The zero-order valence-corrected chi connectivity index (χ0v) is 13.9. The Bertz CT molecular complexity index is 587. The number of nitrogens with one attached hydrogen (secondary N) is 3. The van der Waals surface area contributed by atoms with E-state index in [9.17, 15) is 14.4 Å². The molecule has 0 aromatic heterocycles. The number of amides is 3. The third kappa shape index (κ3) is 6.70. The molecule has 0 heterocycles. The molecule has 8 heteroatoms. The second-order valence-corrected chi connectivity index (χ2v) is 6.06.